The molecule has 5 aromatic rings. The van der Waals surface area contributed by atoms with Crippen molar-refractivity contribution in [2.75, 3.05) is 102 Å². The quantitative estimate of drug-likeness (QED) is 0.0909. The molecule has 2 aromatic carbocycles. The van der Waals surface area contributed by atoms with E-state index in [4.69, 9.17) is 36.6 Å². The first-order chi connectivity index (χ1) is 38.6. The van der Waals surface area contributed by atoms with Gasteiger partial charge in [0, 0.05) is 132 Å². The molecule has 0 radical (unpaired) electrons. The number of ether oxygens (including phenoxy) is 2. The average molecular weight is 1120 g/mol. The number of aromatic nitrogens is 5. The van der Waals surface area contributed by atoms with Gasteiger partial charge in [0.05, 0.1) is 49.9 Å². The summed E-state index contributed by atoms with van der Waals surface area (Å²) in [5.41, 5.74) is 4.70. The number of urea groups is 1. The van der Waals surface area contributed by atoms with E-state index in [1.165, 1.54) is 24.9 Å². The van der Waals surface area contributed by atoms with Gasteiger partial charge in [-0.15, -0.1) is 0 Å². The van der Waals surface area contributed by atoms with Gasteiger partial charge in [0.15, 0.2) is 24.0 Å². The maximum Gasteiger partial charge on any atom is 0.317 e. The molecule has 3 saturated heterocycles. The third-order valence-electron chi connectivity index (χ3n) is 16.1. The van der Waals surface area contributed by atoms with Crippen LogP contribution in [-0.4, -0.2) is 156 Å². The lowest BCUT2D eigenvalue weighted by Crippen LogP contribution is -2.72. The highest BCUT2D eigenvalue weighted by molar-refractivity contribution is 6.33. The van der Waals surface area contributed by atoms with Gasteiger partial charge in [-0.25, -0.2) is 18.6 Å². The number of carbonyl (C=O) groups excluding carboxylic acids is 4. The van der Waals surface area contributed by atoms with Crippen molar-refractivity contribution in [3.8, 4) is 11.5 Å². The van der Waals surface area contributed by atoms with Crippen molar-refractivity contribution >= 4 is 87.0 Å². The number of carbonyl (C=O) groups is 4. The Morgan fingerprint density at radius 2 is 1.66 bits per heavy atom. The molecule has 0 aliphatic carbocycles. The van der Waals surface area contributed by atoms with E-state index in [-0.39, 0.29) is 64.6 Å². The van der Waals surface area contributed by atoms with Gasteiger partial charge in [0.1, 0.15) is 17.0 Å². The zero-order valence-electron chi connectivity index (χ0n) is 45.5. The number of nitrogens with zero attached hydrogens (tertiary/aromatic N) is 10. The van der Waals surface area contributed by atoms with Crippen LogP contribution in [0.4, 0.5) is 42.5 Å². The summed E-state index contributed by atoms with van der Waals surface area (Å²) in [5.74, 6) is 1.02. The van der Waals surface area contributed by atoms with Gasteiger partial charge in [-0.3, -0.25) is 23.9 Å². The lowest BCUT2D eigenvalue weighted by molar-refractivity contribution is -0.555. The minimum atomic E-state index is -2.77. The van der Waals surface area contributed by atoms with Crippen LogP contribution in [0.2, 0.25) is 5.02 Å². The molecule has 0 atom stereocenters. The van der Waals surface area contributed by atoms with Crippen molar-refractivity contribution in [3.63, 3.8) is 0 Å². The molecule has 5 aliphatic rings. The molecular weight excluding hydrogens is 1060 g/mol. The summed E-state index contributed by atoms with van der Waals surface area (Å²) in [5, 5.41) is 24.3. The molecule has 22 nitrogen and oxygen atoms in total. The number of halogens is 3. The lowest BCUT2D eigenvalue weighted by atomic mass is 9.90. The molecule has 0 saturated carbocycles. The standard InChI is InChI=1S/C55H66ClF2N15O7/c1-60-25-34(24-59)38-20-32-7-6-13-72(43(32)23-39(38)48(57)58)50-40-29-70(55(78)62-3)18-12-42(40)73(66-50)37-10-16-68(17-11-37)52(76)35-27-71(28-35)51(75)31-8-14-69(15-9-31)54-63-26-41(56)49(65-54)64-36-19-33-21-45(80-30-46(74)61-2)53(77)67(4)47(33)44(22-36)79-5/h19-26,31,35,37,48,59-60H,6-18,27-30H2,1-5H3,(H,61,74)(H,62,78)(H,63,64,65)/p+1/b34-25+,59-24?. The van der Waals surface area contributed by atoms with Gasteiger partial charge >= 0.3 is 6.03 Å². The summed E-state index contributed by atoms with van der Waals surface area (Å²) in [4.78, 5) is 84.5. The second kappa shape index (κ2) is 23.5. The van der Waals surface area contributed by atoms with Crippen molar-refractivity contribution < 1.29 is 42.7 Å². The summed E-state index contributed by atoms with van der Waals surface area (Å²) in [6.07, 6.45) is 6.00. The van der Waals surface area contributed by atoms with Gasteiger partial charge in [0.2, 0.25) is 17.8 Å². The predicted octanol–water partition coefficient (Wildman–Crippen LogP) is 4.50. The Kier molecular flexibility index (Phi) is 16.3. The zero-order chi connectivity index (χ0) is 56.5. The largest absolute Gasteiger partial charge is 0.494 e. The van der Waals surface area contributed by atoms with Crippen LogP contribution in [0, 0.1) is 17.2 Å². The molecule has 3 fully saturated rings. The third-order valence-corrected chi connectivity index (χ3v) is 16.4. The van der Waals surface area contributed by atoms with Crippen LogP contribution in [-0.2, 0) is 40.8 Å². The van der Waals surface area contributed by atoms with Crippen LogP contribution in [0.5, 0.6) is 11.5 Å². The van der Waals surface area contributed by atoms with E-state index in [0.29, 0.717) is 154 Å². The fourth-order valence-corrected chi connectivity index (χ4v) is 11.9. The van der Waals surface area contributed by atoms with Gasteiger partial charge < -0.3 is 65.2 Å². The molecule has 8 heterocycles. The molecule has 3 aromatic heterocycles. The number of aryl methyl sites for hydroxylation is 2. The average Bonchev–Trinajstić information content (AvgIpc) is 4.00. The minimum Gasteiger partial charge on any atom is -0.494 e. The second-order valence-corrected chi connectivity index (χ2v) is 21.3. The summed E-state index contributed by atoms with van der Waals surface area (Å²) < 4.78 is 44.3. The van der Waals surface area contributed by atoms with Gasteiger partial charge in [-0.2, -0.15) is 10.1 Å². The summed E-state index contributed by atoms with van der Waals surface area (Å²) in [7, 11) is 7.96. The molecule has 0 spiro atoms. The maximum atomic E-state index is 14.8. The number of quaternary nitrogens is 1. The Hall–Kier alpha value is -7.86. The first kappa shape index (κ1) is 55.5. The second-order valence-electron chi connectivity index (χ2n) is 20.8. The van der Waals surface area contributed by atoms with E-state index < -0.39 is 12.0 Å². The number of nitrogens with two attached hydrogens (primary N) is 1. The Bertz CT molecular complexity index is 3330. The van der Waals surface area contributed by atoms with Crippen LogP contribution in [0.15, 0.2) is 47.5 Å². The predicted molar refractivity (Wildman–Crippen MR) is 298 cm³/mol. The first-order valence-electron chi connectivity index (χ1n) is 27.1. The van der Waals surface area contributed by atoms with E-state index in [1.807, 2.05) is 14.7 Å². The van der Waals surface area contributed by atoms with E-state index in [1.54, 1.807) is 72.8 Å². The molecule has 0 unspecified atom stereocenters. The number of allylic oxidation sites excluding steroid dienone is 1. The number of piperidine rings is 2. The molecule has 25 heteroatoms. The van der Waals surface area contributed by atoms with E-state index in [2.05, 4.69) is 25.6 Å². The number of pyridine rings is 1. The van der Waals surface area contributed by atoms with Gasteiger partial charge in [0.25, 0.3) is 17.9 Å². The highest BCUT2D eigenvalue weighted by Gasteiger charge is 2.42. The van der Waals surface area contributed by atoms with Crippen molar-refractivity contribution in [1.29, 1.82) is 5.41 Å². The van der Waals surface area contributed by atoms with Crippen LogP contribution in [0.3, 0.4) is 0 Å². The number of alkyl halides is 2. The molecule has 10 rings (SSSR count). The number of fused-ring (bicyclic) bond motifs is 3. The van der Waals surface area contributed by atoms with Gasteiger partial charge in [-0.05, 0) is 73.9 Å². The van der Waals surface area contributed by atoms with Crippen molar-refractivity contribution in [2.45, 2.75) is 64.0 Å². The molecule has 5 amide bonds. The molecule has 80 heavy (non-hydrogen) atoms. The molecular formula is C55H67ClF2N15O7+. The Balaban J connectivity index is 0.755. The SMILES string of the molecule is CNC(=O)COc1cc2cc(Nc3nc(N4CCC(C(=O)N5CC(C(=O)N6CCC(n7nc(N8CCCc9cc(/C(C=N)=C/[NH2+]C)c(C(F)F)cc98)c8c7CCN(C(=O)NC)C8)CC6)C5)CC4)ncc3Cl)cc(OC)c2n(C)c1=O. The molecule has 5 aliphatic heterocycles. The number of likely N-dealkylation sites (tertiary alicyclic amines) is 2. The first-order valence-corrected chi connectivity index (χ1v) is 27.5. The highest BCUT2D eigenvalue weighted by Crippen LogP contribution is 2.43. The van der Waals surface area contributed by atoms with E-state index >= 15 is 0 Å². The van der Waals surface area contributed by atoms with Crippen molar-refractivity contribution in [3.05, 3.63) is 86.1 Å². The van der Waals surface area contributed by atoms with E-state index in [0.717, 1.165) is 29.5 Å². The molecule has 6 N–H and O–H groups in total. The molecule has 424 valence electrons. The fourth-order valence-electron chi connectivity index (χ4n) is 11.8. The third kappa shape index (κ3) is 10.8. The summed E-state index contributed by atoms with van der Waals surface area (Å²) >= 11 is 6.62. The van der Waals surface area contributed by atoms with Crippen molar-refractivity contribution in [1.82, 2.24) is 49.6 Å². The number of methoxy groups -OCH3 is 1. The number of amides is 5. The molecule has 0 bridgehead atoms. The van der Waals surface area contributed by atoms with Crippen LogP contribution in [0.25, 0.3) is 16.5 Å². The summed E-state index contributed by atoms with van der Waals surface area (Å²) in [6, 6.07) is 8.17. The monoisotopic (exact) mass is 1120 g/mol. The fraction of sp³-hybridized carbons (Fsp3) is 0.473. The van der Waals surface area contributed by atoms with Crippen LogP contribution in [0.1, 0.15) is 72.5 Å². The lowest BCUT2D eigenvalue weighted by Gasteiger charge is -2.44. The Morgan fingerprint density at radius 3 is 2.35 bits per heavy atom. The highest BCUT2D eigenvalue weighted by atomic mass is 35.5. The van der Waals surface area contributed by atoms with Crippen LogP contribution < -0.4 is 46.1 Å². The maximum absolute atomic E-state index is 14.8. The number of anilines is 5. The zero-order valence-corrected chi connectivity index (χ0v) is 46.2. The summed E-state index contributed by atoms with van der Waals surface area (Å²) in [6.45, 7) is 3.87. The van der Waals surface area contributed by atoms with Crippen molar-refractivity contribution in [2.24, 2.45) is 18.9 Å². The van der Waals surface area contributed by atoms with E-state index in [9.17, 15) is 32.8 Å². The number of hydrogen-bond acceptors (Lipinski definition) is 14. The number of benzene rings is 2. The van der Waals surface area contributed by atoms with Gasteiger partial charge in [-0.1, -0.05) is 11.6 Å². The Morgan fingerprint density at radius 1 is 0.912 bits per heavy atom. The van der Waals surface area contributed by atoms with Crippen LogP contribution >= 0.6 is 11.6 Å². The topological polar surface area (TPSA) is 245 Å². The number of nitrogens with one attached hydrogen (secondary N) is 4. The Labute approximate surface area is 465 Å². The number of likely N-dealkylation sites (N-methyl/N-ethyl adjacent to an activating group) is 1. The number of rotatable bonds is 15. The minimum absolute atomic E-state index is 0.00288. The normalized spacial score (nSPS) is 17.3. The smallest absolute Gasteiger partial charge is 0.317 e. The number of hydrogen-bond donors (Lipinski definition) is 5.